The molecular formula is C21H43N5. The first kappa shape index (κ1) is 21.5. The van der Waals surface area contributed by atoms with Crippen LogP contribution in [-0.2, 0) is 0 Å². The Kier molecular flexibility index (Phi) is 10.4. The van der Waals surface area contributed by atoms with Gasteiger partial charge in [0, 0.05) is 39.3 Å². The topological polar surface area (TPSA) is 42.9 Å². The Labute approximate surface area is 162 Å². The number of nitrogens with one attached hydrogen (secondary N) is 2. The maximum absolute atomic E-state index is 4.41. The second-order valence-electron chi connectivity index (χ2n) is 8.58. The summed E-state index contributed by atoms with van der Waals surface area (Å²) in [6, 6.07) is 0.573. The summed E-state index contributed by atoms with van der Waals surface area (Å²) < 4.78 is 0. The van der Waals surface area contributed by atoms with Crippen molar-refractivity contribution in [3.8, 4) is 0 Å². The molecule has 0 aromatic carbocycles. The zero-order chi connectivity index (χ0) is 18.6. The number of likely N-dealkylation sites (tertiary alicyclic amines) is 2. The van der Waals surface area contributed by atoms with Crippen molar-refractivity contribution in [1.82, 2.24) is 20.4 Å². The molecule has 0 aromatic rings. The molecule has 2 aliphatic rings. The van der Waals surface area contributed by atoms with Crippen molar-refractivity contribution in [1.29, 1.82) is 0 Å². The van der Waals surface area contributed by atoms with Crippen LogP contribution in [0.2, 0.25) is 0 Å². The highest BCUT2D eigenvalue weighted by Crippen LogP contribution is 2.12. The Hall–Kier alpha value is -0.810. The summed E-state index contributed by atoms with van der Waals surface area (Å²) in [6.07, 6.45) is 10.6. The Balaban J connectivity index is 1.50. The molecule has 2 saturated heterocycles. The minimum Gasteiger partial charge on any atom is -0.356 e. The third kappa shape index (κ3) is 8.72. The van der Waals surface area contributed by atoms with Crippen LogP contribution < -0.4 is 10.6 Å². The van der Waals surface area contributed by atoms with Crippen molar-refractivity contribution in [2.45, 2.75) is 71.3 Å². The molecule has 0 spiro atoms. The molecule has 2 aliphatic heterocycles. The summed E-state index contributed by atoms with van der Waals surface area (Å²) in [6.45, 7) is 13.2. The van der Waals surface area contributed by atoms with Gasteiger partial charge in [0.15, 0.2) is 5.96 Å². The Bertz CT molecular complexity index is 382. The Morgan fingerprint density at radius 3 is 2.35 bits per heavy atom. The van der Waals surface area contributed by atoms with Gasteiger partial charge in [-0.2, -0.15) is 0 Å². The van der Waals surface area contributed by atoms with E-state index in [1.54, 1.807) is 0 Å². The van der Waals surface area contributed by atoms with Gasteiger partial charge in [0.1, 0.15) is 0 Å². The summed E-state index contributed by atoms with van der Waals surface area (Å²) >= 11 is 0. The van der Waals surface area contributed by atoms with Gasteiger partial charge in [0.05, 0.1) is 0 Å². The summed E-state index contributed by atoms with van der Waals surface area (Å²) in [5, 5.41) is 7.14. The van der Waals surface area contributed by atoms with E-state index in [4.69, 9.17) is 0 Å². The average Bonchev–Trinajstić information content (AvgIpc) is 2.65. The lowest BCUT2D eigenvalue weighted by atomic mass is 10.0. The van der Waals surface area contributed by atoms with Crippen molar-refractivity contribution in [2.24, 2.45) is 10.9 Å². The van der Waals surface area contributed by atoms with Gasteiger partial charge in [0.25, 0.3) is 0 Å². The predicted octanol–water partition coefficient (Wildman–Crippen LogP) is 2.93. The van der Waals surface area contributed by atoms with Crippen molar-refractivity contribution < 1.29 is 0 Å². The van der Waals surface area contributed by atoms with Crippen LogP contribution in [0.5, 0.6) is 0 Å². The molecule has 0 radical (unpaired) electrons. The van der Waals surface area contributed by atoms with Crippen LogP contribution in [0.3, 0.4) is 0 Å². The van der Waals surface area contributed by atoms with E-state index in [1.807, 2.05) is 7.05 Å². The number of hydrogen-bond donors (Lipinski definition) is 2. The average molecular weight is 366 g/mol. The van der Waals surface area contributed by atoms with Crippen LogP contribution in [0.15, 0.2) is 4.99 Å². The molecular weight excluding hydrogens is 322 g/mol. The van der Waals surface area contributed by atoms with E-state index in [0.29, 0.717) is 6.04 Å². The van der Waals surface area contributed by atoms with Crippen LogP contribution in [0.25, 0.3) is 0 Å². The molecule has 2 heterocycles. The number of aliphatic imine (C=N–C) groups is 1. The van der Waals surface area contributed by atoms with E-state index in [1.165, 1.54) is 90.6 Å². The summed E-state index contributed by atoms with van der Waals surface area (Å²) in [5.41, 5.74) is 0. The number of unbranched alkanes of at least 4 members (excludes halogenated alkanes) is 2. The zero-order valence-electron chi connectivity index (χ0n) is 17.6. The van der Waals surface area contributed by atoms with Gasteiger partial charge in [0.2, 0.25) is 0 Å². The minimum atomic E-state index is 0.573. The van der Waals surface area contributed by atoms with Gasteiger partial charge in [-0.25, -0.2) is 0 Å². The molecule has 0 saturated carbocycles. The molecule has 0 amide bonds. The first-order valence-electron chi connectivity index (χ1n) is 11.1. The van der Waals surface area contributed by atoms with Gasteiger partial charge in [-0.1, -0.05) is 26.7 Å². The fourth-order valence-electron chi connectivity index (χ4n) is 4.19. The lowest BCUT2D eigenvalue weighted by Gasteiger charge is -2.34. The van der Waals surface area contributed by atoms with E-state index in [0.717, 1.165) is 18.4 Å². The maximum atomic E-state index is 4.41. The second-order valence-corrected chi connectivity index (χ2v) is 8.58. The van der Waals surface area contributed by atoms with Crippen LogP contribution in [-0.4, -0.2) is 74.7 Å². The maximum Gasteiger partial charge on any atom is 0.191 e. The zero-order valence-corrected chi connectivity index (χ0v) is 17.6. The van der Waals surface area contributed by atoms with Crippen LogP contribution in [0.1, 0.15) is 65.2 Å². The second kappa shape index (κ2) is 12.6. The molecule has 2 fully saturated rings. The molecule has 0 aliphatic carbocycles. The summed E-state index contributed by atoms with van der Waals surface area (Å²) in [4.78, 5) is 9.65. The summed E-state index contributed by atoms with van der Waals surface area (Å²) in [5.74, 6) is 1.76. The lowest BCUT2D eigenvalue weighted by Crippen LogP contribution is -2.49. The lowest BCUT2D eigenvalue weighted by molar-refractivity contribution is 0.187. The van der Waals surface area contributed by atoms with Gasteiger partial charge >= 0.3 is 0 Å². The standard InChI is InChI=1S/C21H43N5/c1-19(2)18-26-16-10-20(11-17-26)24-21(22-3)23-12-6-4-7-13-25-14-8-5-9-15-25/h19-20H,4-18H2,1-3H3,(H2,22,23,24). The quantitative estimate of drug-likeness (QED) is 0.375. The fraction of sp³-hybridized carbons (Fsp3) is 0.952. The predicted molar refractivity (Wildman–Crippen MR) is 113 cm³/mol. The van der Waals surface area contributed by atoms with Crippen molar-refractivity contribution >= 4 is 5.96 Å². The molecule has 0 unspecified atom stereocenters. The van der Waals surface area contributed by atoms with E-state index < -0.39 is 0 Å². The molecule has 0 atom stereocenters. The van der Waals surface area contributed by atoms with Gasteiger partial charge in [-0.05, 0) is 64.1 Å². The third-order valence-electron chi connectivity index (χ3n) is 5.67. The molecule has 2 N–H and O–H groups in total. The molecule has 0 aromatic heterocycles. The minimum absolute atomic E-state index is 0.573. The first-order valence-corrected chi connectivity index (χ1v) is 11.1. The third-order valence-corrected chi connectivity index (χ3v) is 5.67. The van der Waals surface area contributed by atoms with Crippen molar-refractivity contribution in [3.63, 3.8) is 0 Å². The van der Waals surface area contributed by atoms with Gasteiger partial charge in [-0.3, -0.25) is 4.99 Å². The molecule has 152 valence electrons. The SMILES string of the molecule is CN=C(NCCCCCN1CCCCC1)NC1CCN(CC(C)C)CC1. The van der Waals surface area contributed by atoms with Gasteiger partial charge < -0.3 is 20.4 Å². The normalized spacial score (nSPS) is 21.3. The van der Waals surface area contributed by atoms with E-state index in [2.05, 4.69) is 39.3 Å². The number of hydrogen-bond acceptors (Lipinski definition) is 3. The molecule has 5 heteroatoms. The smallest absolute Gasteiger partial charge is 0.191 e. The summed E-state index contributed by atoms with van der Waals surface area (Å²) in [7, 11) is 1.89. The highest BCUT2D eigenvalue weighted by molar-refractivity contribution is 5.79. The molecule has 26 heavy (non-hydrogen) atoms. The van der Waals surface area contributed by atoms with Crippen molar-refractivity contribution in [2.75, 3.05) is 52.9 Å². The monoisotopic (exact) mass is 365 g/mol. The first-order chi connectivity index (χ1) is 12.7. The number of rotatable bonds is 9. The number of piperidine rings is 2. The van der Waals surface area contributed by atoms with Gasteiger partial charge in [-0.15, -0.1) is 0 Å². The van der Waals surface area contributed by atoms with Crippen LogP contribution in [0.4, 0.5) is 0 Å². The van der Waals surface area contributed by atoms with Crippen LogP contribution >= 0.6 is 0 Å². The largest absolute Gasteiger partial charge is 0.356 e. The van der Waals surface area contributed by atoms with Crippen molar-refractivity contribution in [3.05, 3.63) is 0 Å². The van der Waals surface area contributed by atoms with E-state index in [9.17, 15) is 0 Å². The Morgan fingerprint density at radius 1 is 0.962 bits per heavy atom. The number of nitrogens with zero attached hydrogens (tertiary/aromatic N) is 3. The number of guanidine groups is 1. The van der Waals surface area contributed by atoms with E-state index >= 15 is 0 Å². The molecule has 5 nitrogen and oxygen atoms in total. The van der Waals surface area contributed by atoms with E-state index in [-0.39, 0.29) is 0 Å². The molecule has 0 bridgehead atoms. The highest BCUT2D eigenvalue weighted by Gasteiger charge is 2.20. The highest BCUT2D eigenvalue weighted by atomic mass is 15.2. The van der Waals surface area contributed by atoms with Crippen LogP contribution in [0, 0.1) is 5.92 Å². The molecule has 2 rings (SSSR count). The Morgan fingerprint density at radius 2 is 1.69 bits per heavy atom. The fourth-order valence-corrected chi connectivity index (χ4v) is 4.19.